The molecule has 0 radical (unpaired) electrons. The van der Waals surface area contributed by atoms with E-state index in [2.05, 4.69) is 13.8 Å². The minimum atomic E-state index is -1.27. The number of hydrogen-bond acceptors (Lipinski definition) is 9. The fraction of sp³-hybridized carbons (Fsp3) is 0.897. The second-order valence-electron chi connectivity index (χ2n) is 13.5. The Balaban J connectivity index is 1.19. The molecule has 0 aromatic heterocycles. The average Bonchev–Trinajstić information content (AvgIpc) is 3.44. The Labute approximate surface area is 225 Å². The van der Waals surface area contributed by atoms with Crippen molar-refractivity contribution in [2.24, 2.45) is 34.5 Å². The predicted molar refractivity (Wildman–Crippen MR) is 136 cm³/mol. The molecule has 6 aliphatic rings. The third-order valence-corrected chi connectivity index (χ3v) is 12.3. The maximum atomic E-state index is 12.4. The largest absolute Gasteiger partial charge is 0.458 e. The number of carbonyl (C=O) groups is 1. The van der Waals surface area contributed by atoms with E-state index in [-0.39, 0.29) is 41.3 Å². The minimum absolute atomic E-state index is 0.0383. The summed E-state index contributed by atoms with van der Waals surface area (Å²) in [5, 5.41) is 44.9. The van der Waals surface area contributed by atoms with Crippen molar-refractivity contribution >= 4 is 5.97 Å². The second kappa shape index (κ2) is 9.50. The molecule has 38 heavy (non-hydrogen) atoms. The molecule has 0 spiro atoms. The van der Waals surface area contributed by atoms with E-state index in [0.29, 0.717) is 18.4 Å². The summed E-state index contributed by atoms with van der Waals surface area (Å²) in [6.07, 6.45) is 5.76. The second-order valence-corrected chi connectivity index (χ2v) is 13.5. The first-order valence-corrected chi connectivity index (χ1v) is 14.6. The number of carbonyl (C=O) groups excluding carboxylic acids is 1. The van der Waals surface area contributed by atoms with Crippen molar-refractivity contribution in [3.8, 4) is 0 Å². The molecule has 4 unspecified atom stereocenters. The highest BCUT2D eigenvalue weighted by molar-refractivity contribution is 5.85. The van der Waals surface area contributed by atoms with Gasteiger partial charge in [-0.3, -0.25) is 4.84 Å². The van der Waals surface area contributed by atoms with Crippen LogP contribution in [0, 0.1) is 34.5 Å². The van der Waals surface area contributed by atoms with Gasteiger partial charge in [-0.1, -0.05) is 13.8 Å². The monoisotopic (exact) mass is 535 g/mol. The Bertz CT molecular complexity index is 974. The Kier molecular flexibility index (Phi) is 6.78. The summed E-state index contributed by atoms with van der Waals surface area (Å²) < 4.78 is 11.0. The number of nitrogens with zero attached hydrogens (tertiary/aromatic N) is 1. The van der Waals surface area contributed by atoms with Gasteiger partial charge in [-0.05, 0) is 92.4 Å². The van der Waals surface area contributed by atoms with Crippen molar-refractivity contribution in [2.75, 3.05) is 20.3 Å². The van der Waals surface area contributed by atoms with Crippen molar-refractivity contribution in [1.29, 1.82) is 0 Å². The van der Waals surface area contributed by atoms with Gasteiger partial charge in [-0.15, -0.1) is 0 Å². The van der Waals surface area contributed by atoms with Crippen LogP contribution in [0.2, 0.25) is 0 Å². The van der Waals surface area contributed by atoms with E-state index >= 15 is 0 Å². The maximum Gasteiger partial charge on any atom is 0.331 e. The number of fused-ring (bicyclic) bond motifs is 5. The molecule has 4 N–H and O–H groups in total. The van der Waals surface area contributed by atoms with E-state index in [0.717, 1.165) is 63.4 Å². The summed E-state index contributed by atoms with van der Waals surface area (Å²) in [5.74, 6) is 1.11. The first kappa shape index (κ1) is 27.1. The zero-order valence-corrected chi connectivity index (χ0v) is 22.9. The number of hydroxylamine groups is 2. The lowest BCUT2D eigenvalue weighted by Crippen LogP contribution is -2.64. The van der Waals surface area contributed by atoms with Crippen LogP contribution in [0.4, 0.5) is 0 Å². The molecule has 9 nitrogen and oxygen atoms in total. The van der Waals surface area contributed by atoms with Gasteiger partial charge < -0.3 is 29.9 Å². The molecule has 4 aliphatic carbocycles. The number of aliphatic hydroxyl groups excluding tert-OH is 3. The van der Waals surface area contributed by atoms with Crippen LogP contribution in [0.1, 0.15) is 71.6 Å². The Hall–Kier alpha value is -1.07. The van der Waals surface area contributed by atoms with Gasteiger partial charge in [0.1, 0.15) is 24.9 Å². The SMILES string of the molecule is CON(C1OC[C@@H](O)[C@@H](O)[C@@H]1O)[C@@H]1CC[C@@]2(C)C(CCC3C2CC[C@]2(C)[C@@H](C4=CC(=O)OC4)CC[C@]32O)C1. The van der Waals surface area contributed by atoms with Gasteiger partial charge in [0.2, 0.25) is 0 Å². The smallest absolute Gasteiger partial charge is 0.331 e. The van der Waals surface area contributed by atoms with Crippen molar-refractivity contribution < 1.29 is 39.5 Å². The van der Waals surface area contributed by atoms with Crippen LogP contribution in [0.15, 0.2) is 11.6 Å². The number of hydrogen-bond donors (Lipinski definition) is 4. The van der Waals surface area contributed by atoms with Crippen LogP contribution in [0.25, 0.3) is 0 Å². The van der Waals surface area contributed by atoms with Crippen molar-refractivity contribution in [3.63, 3.8) is 0 Å². The molecule has 4 saturated carbocycles. The fourth-order valence-electron chi connectivity index (χ4n) is 10.1. The van der Waals surface area contributed by atoms with Gasteiger partial charge in [-0.25, -0.2) is 4.79 Å². The molecule has 0 amide bonds. The molecule has 0 aromatic rings. The fourth-order valence-corrected chi connectivity index (χ4v) is 10.1. The number of aliphatic hydroxyl groups is 4. The molecule has 6 rings (SSSR count). The van der Waals surface area contributed by atoms with E-state index in [1.54, 1.807) is 18.2 Å². The van der Waals surface area contributed by atoms with Crippen molar-refractivity contribution in [1.82, 2.24) is 5.06 Å². The van der Waals surface area contributed by atoms with E-state index < -0.39 is 30.1 Å². The minimum Gasteiger partial charge on any atom is -0.458 e. The summed E-state index contributed by atoms with van der Waals surface area (Å²) in [5.41, 5.74) is 0.215. The molecule has 12 atom stereocenters. The van der Waals surface area contributed by atoms with Crippen LogP contribution in [0.5, 0.6) is 0 Å². The standard InChI is InChI=1S/C29H45NO8/c1-27-9-6-18(30(36-3)26-25(34)24(33)22(31)15-38-26)13-17(27)4-5-21-20(27)7-10-28(2)19(8-11-29(21,28)35)16-12-23(32)37-14-16/h12,17-22,24-26,31,33-35H,4-11,13-15H2,1-3H3/t17?,18-,19-,20?,21?,22-,24-,25+,26?,27+,28-,29+/m1/s1. The van der Waals surface area contributed by atoms with Gasteiger partial charge in [0, 0.05) is 17.5 Å². The molecule has 5 fully saturated rings. The van der Waals surface area contributed by atoms with Gasteiger partial charge in [0.25, 0.3) is 0 Å². The Morgan fingerprint density at radius 3 is 2.50 bits per heavy atom. The van der Waals surface area contributed by atoms with Crippen molar-refractivity contribution in [3.05, 3.63) is 11.6 Å². The van der Waals surface area contributed by atoms with E-state index in [1.807, 2.05) is 0 Å². The molecule has 0 aromatic carbocycles. The van der Waals surface area contributed by atoms with Crippen LogP contribution < -0.4 is 0 Å². The third kappa shape index (κ3) is 3.80. The zero-order chi connectivity index (χ0) is 27.0. The van der Waals surface area contributed by atoms with E-state index in [1.165, 1.54) is 0 Å². The molecule has 0 bridgehead atoms. The summed E-state index contributed by atoms with van der Waals surface area (Å²) in [7, 11) is 1.57. The molecule has 2 heterocycles. The average molecular weight is 536 g/mol. The summed E-state index contributed by atoms with van der Waals surface area (Å²) in [4.78, 5) is 17.5. The molecular formula is C29H45NO8. The molecule has 1 saturated heterocycles. The maximum absolute atomic E-state index is 12.4. The zero-order valence-electron chi connectivity index (χ0n) is 22.9. The molecule has 2 aliphatic heterocycles. The molecule has 214 valence electrons. The molecular weight excluding hydrogens is 490 g/mol. The lowest BCUT2D eigenvalue weighted by Gasteiger charge is -2.64. The van der Waals surface area contributed by atoms with Crippen LogP contribution in [-0.4, -0.2) is 88.0 Å². The highest BCUT2D eigenvalue weighted by Gasteiger charge is 2.68. The summed E-state index contributed by atoms with van der Waals surface area (Å²) in [6, 6.07) is 0.0383. The predicted octanol–water partition coefficient (Wildman–Crippen LogP) is 1.91. The van der Waals surface area contributed by atoms with Gasteiger partial charge in [0.05, 0.1) is 19.3 Å². The van der Waals surface area contributed by atoms with Gasteiger partial charge in [0.15, 0.2) is 6.23 Å². The number of esters is 1. The van der Waals surface area contributed by atoms with Crippen LogP contribution in [-0.2, 0) is 19.1 Å². The lowest BCUT2D eigenvalue weighted by atomic mass is 9.43. The first-order chi connectivity index (χ1) is 18.0. The number of ether oxygens (including phenoxy) is 2. The number of cyclic esters (lactones) is 1. The highest BCUT2D eigenvalue weighted by atomic mass is 16.7. The topological polar surface area (TPSA) is 129 Å². The first-order valence-electron chi connectivity index (χ1n) is 14.6. The Morgan fingerprint density at radius 2 is 1.79 bits per heavy atom. The van der Waals surface area contributed by atoms with E-state index in [9.17, 15) is 25.2 Å². The van der Waals surface area contributed by atoms with Crippen LogP contribution in [0.3, 0.4) is 0 Å². The summed E-state index contributed by atoms with van der Waals surface area (Å²) >= 11 is 0. The van der Waals surface area contributed by atoms with Crippen LogP contribution >= 0.6 is 0 Å². The third-order valence-electron chi connectivity index (χ3n) is 12.3. The van der Waals surface area contributed by atoms with E-state index in [4.69, 9.17) is 14.3 Å². The summed E-state index contributed by atoms with van der Waals surface area (Å²) in [6.45, 7) is 5.01. The number of rotatable bonds is 4. The normalized spacial score (nSPS) is 52.7. The highest BCUT2D eigenvalue weighted by Crippen LogP contribution is 2.70. The lowest BCUT2D eigenvalue weighted by molar-refractivity contribution is -0.326. The molecule has 9 heteroatoms. The van der Waals surface area contributed by atoms with Crippen molar-refractivity contribution in [2.45, 2.75) is 108 Å². The van der Waals surface area contributed by atoms with Gasteiger partial charge >= 0.3 is 5.97 Å². The quantitative estimate of drug-likeness (QED) is 0.315. The van der Waals surface area contributed by atoms with Gasteiger partial charge in [-0.2, -0.15) is 5.06 Å². The Morgan fingerprint density at radius 1 is 1.00 bits per heavy atom.